The van der Waals surface area contributed by atoms with E-state index in [9.17, 15) is 13.2 Å². The molecule has 0 spiro atoms. The predicted octanol–water partition coefficient (Wildman–Crippen LogP) is 4.04. The number of hydrogen-bond donors (Lipinski definition) is 1. The molecule has 1 amide bonds. The lowest BCUT2D eigenvalue weighted by molar-refractivity contribution is 0.0956. The topological polar surface area (TPSA) is 66.5 Å². The molecule has 3 aromatic rings. The highest BCUT2D eigenvalue weighted by molar-refractivity contribution is 7.98. The van der Waals surface area contributed by atoms with Crippen LogP contribution in [0.15, 0.2) is 66.7 Å². The lowest BCUT2D eigenvalue weighted by Gasteiger charge is -2.17. The lowest BCUT2D eigenvalue weighted by Crippen LogP contribution is -2.27. The van der Waals surface area contributed by atoms with Crippen molar-refractivity contribution in [3.63, 3.8) is 0 Å². The SMILES string of the molecule is O=C(NCCSCc1cccc2ccccc12)c1cccc(N2CCCS2(=O)=O)c1. The first kappa shape index (κ1) is 20.8. The molecule has 1 fully saturated rings. The number of amides is 1. The van der Waals surface area contributed by atoms with Crippen molar-refractivity contribution in [3.8, 4) is 0 Å². The molecule has 4 rings (SSSR count). The maximum atomic E-state index is 12.5. The van der Waals surface area contributed by atoms with Crippen LogP contribution in [0.3, 0.4) is 0 Å². The summed E-state index contributed by atoms with van der Waals surface area (Å²) >= 11 is 1.78. The number of benzene rings is 3. The van der Waals surface area contributed by atoms with Gasteiger partial charge in [0.05, 0.1) is 11.4 Å². The second-order valence-electron chi connectivity index (χ2n) is 7.24. The van der Waals surface area contributed by atoms with Crippen LogP contribution in [-0.2, 0) is 15.8 Å². The highest BCUT2D eigenvalue weighted by Crippen LogP contribution is 2.25. The number of anilines is 1. The summed E-state index contributed by atoms with van der Waals surface area (Å²) in [5.41, 5.74) is 2.34. The van der Waals surface area contributed by atoms with Gasteiger partial charge in [0.2, 0.25) is 10.0 Å². The summed E-state index contributed by atoms with van der Waals surface area (Å²) in [5, 5.41) is 5.44. The minimum absolute atomic E-state index is 0.164. The number of hydrogen-bond acceptors (Lipinski definition) is 4. The van der Waals surface area contributed by atoms with Crippen molar-refractivity contribution in [2.75, 3.05) is 28.9 Å². The van der Waals surface area contributed by atoms with Crippen molar-refractivity contribution in [2.45, 2.75) is 12.2 Å². The van der Waals surface area contributed by atoms with Crippen LogP contribution in [0.4, 0.5) is 5.69 Å². The third-order valence-electron chi connectivity index (χ3n) is 5.17. The maximum Gasteiger partial charge on any atom is 0.251 e. The van der Waals surface area contributed by atoms with E-state index in [4.69, 9.17) is 0 Å². The molecule has 30 heavy (non-hydrogen) atoms. The van der Waals surface area contributed by atoms with Crippen LogP contribution in [0.2, 0.25) is 0 Å². The Balaban J connectivity index is 1.30. The molecule has 1 saturated heterocycles. The van der Waals surface area contributed by atoms with Gasteiger partial charge in [-0.3, -0.25) is 9.10 Å². The Morgan fingerprint density at radius 1 is 1.03 bits per heavy atom. The van der Waals surface area contributed by atoms with Gasteiger partial charge in [0, 0.05) is 30.2 Å². The van der Waals surface area contributed by atoms with E-state index < -0.39 is 10.0 Å². The first-order valence-corrected chi connectivity index (χ1v) is 12.7. The number of rotatable bonds is 7. The van der Waals surface area contributed by atoms with E-state index >= 15 is 0 Å². The van der Waals surface area contributed by atoms with E-state index in [0.717, 1.165) is 11.5 Å². The Hall–Kier alpha value is -2.51. The molecule has 0 aromatic heterocycles. The molecule has 156 valence electrons. The van der Waals surface area contributed by atoms with Crippen LogP contribution in [0.5, 0.6) is 0 Å². The van der Waals surface area contributed by atoms with Crippen molar-refractivity contribution in [1.29, 1.82) is 0 Å². The molecule has 7 heteroatoms. The molecule has 1 aliphatic heterocycles. The zero-order chi connectivity index (χ0) is 21.0. The zero-order valence-electron chi connectivity index (χ0n) is 16.6. The van der Waals surface area contributed by atoms with Crippen LogP contribution in [0, 0.1) is 0 Å². The van der Waals surface area contributed by atoms with Gasteiger partial charge >= 0.3 is 0 Å². The van der Waals surface area contributed by atoms with E-state index in [1.165, 1.54) is 20.6 Å². The van der Waals surface area contributed by atoms with E-state index in [-0.39, 0.29) is 11.7 Å². The fraction of sp³-hybridized carbons (Fsp3) is 0.261. The van der Waals surface area contributed by atoms with Crippen LogP contribution in [0.25, 0.3) is 10.8 Å². The fourth-order valence-corrected chi connectivity index (χ4v) is 6.09. The van der Waals surface area contributed by atoms with Crippen molar-refractivity contribution in [3.05, 3.63) is 77.9 Å². The summed E-state index contributed by atoms with van der Waals surface area (Å²) in [4.78, 5) is 12.5. The first-order chi connectivity index (χ1) is 14.5. The van der Waals surface area contributed by atoms with E-state index in [2.05, 4.69) is 41.7 Å². The van der Waals surface area contributed by atoms with Gasteiger partial charge in [0.1, 0.15) is 0 Å². The number of carbonyl (C=O) groups excluding carboxylic acids is 1. The molecule has 3 aromatic carbocycles. The first-order valence-electron chi connectivity index (χ1n) is 9.98. The standard InChI is InChI=1S/C23H24N2O3S2/c26-23(19-8-4-10-21(16-19)25-13-5-15-30(25,27)28)24-12-14-29-17-20-9-3-7-18-6-1-2-11-22(18)20/h1-4,6-11,16H,5,12-15,17H2,(H,24,26). The normalized spacial score (nSPS) is 15.4. The molecule has 0 unspecified atom stereocenters. The Morgan fingerprint density at radius 3 is 2.67 bits per heavy atom. The number of carbonyl (C=O) groups is 1. The average molecular weight is 441 g/mol. The monoisotopic (exact) mass is 440 g/mol. The highest BCUT2D eigenvalue weighted by atomic mass is 32.2. The molecule has 0 radical (unpaired) electrons. The Morgan fingerprint density at radius 2 is 1.83 bits per heavy atom. The van der Waals surface area contributed by atoms with Gasteiger partial charge in [-0.1, -0.05) is 48.5 Å². The quantitative estimate of drug-likeness (QED) is 0.563. The molecule has 0 aliphatic carbocycles. The number of sulfonamides is 1. The maximum absolute atomic E-state index is 12.5. The molecular weight excluding hydrogens is 416 g/mol. The summed E-state index contributed by atoms with van der Waals surface area (Å²) < 4.78 is 25.6. The summed E-state index contributed by atoms with van der Waals surface area (Å²) in [6.07, 6.45) is 0.618. The molecule has 5 nitrogen and oxygen atoms in total. The molecule has 1 N–H and O–H groups in total. The van der Waals surface area contributed by atoms with E-state index in [0.29, 0.717) is 30.8 Å². The van der Waals surface area contributed by atoms with Gasteiger partial charge in [-0.25, -0.2) is 8.42 Å². The smallest absolute Gasteiger partial charge is 0.251 e. The molecule has 0 bridgehead atoms. The minimum Gasteiger partial charge on any atom is -0.351 e. The molecular formula is C23H24N2O3S2. The Labute approximate surface area is 181 Å². The van der Waals surface area contributed by atoms with Gasteiger partial charge in [0.15, 0.2) is 0 Å². The van der Waals surface area contributed by atoms with Crippen molar-refractivity contribution in [1.82, 2.24) is 5.32 Å². The Bertz CT molecular complexity index is 1160. The molecule has 0 atom stereocenters. The second kappa shape index (κ2) is 9.10. The fourth-order valence-electron chi connectivity index (χ4n) is 3.67. The number of thioether (sulfide) groups is 1. The van der Waals surface area contributed by atoms with Crippen LogP contribution >= 0.6 is 11.8 Å². The van der Waals surface area contributed by atoms with Gasteiger partial charge < -0.3 is 5.32 Å². The number of nitrogens with zero attached hydrogens (tertiary/aromatic N) is 1. The zero-order valence-corrected chi connectivity index (χ0v) is 18.2. The van der Waals surface area contributed by atoms with Crippen LogP contribution < -0.4 is 9.62 Å². The summed E-state index contributed by atoms with van der Waals surface area (Å²) in [5.74, 6) is 1.67. The van der Waals surface area contributed by atoms with E-state index in [1.54, 1.807) is 36.0 Å². The summed E-state index contributed by atoms with van der Waals surface area (Å²) in [6.45, 7) is 1.03. The van der Waals surface area contributed by atoms with Crippen LogP contribution in [0.1, 0.15) is 22.3 Å². The summed E-state index contributed by atoms with van der Waals surface area (Å²) in [7, 11) is -3.25. The number of fused-ring (bicyclic) bond motifs is 1. The lowest BCUT2D eigenvalue weighted by atomic mass is 10.1. The van der Waals surface area contributed by atoms with Crippen molar-refractivity contribution >= 4 is 44.2 Å². The van der Waals surface area contributed by atoms with Gasteiger partial charge in [-0.2, -0.15) is 11.8 Å². The van der Waals surface area contributed by atoms with Gasteiger partial charge in [-0.05, 0) is 41.0 Å². The summed E-state index contributed by atoms with van der Waals surface area (Å²) in [6, 6.07) is 21.5. The second-order valence-corrected chi connectivity index (χ2v) is 10.4. The van der Waals surface area contributed by atoms with Crippen molar-refractivity contribution < 1.29 is 13.2 Å². The van der Waals surface area contributed by atoms with Crippen molar-refractivity contribution in [2.24, 2.45) is 0 Å². The molecule has 1 aliphatic rings. The molecule has 1 heterocycles. The van der Waals surface area contributed by atoms with Crippen LogP contribution in [-0.4, -0.2) is 38.9 Å². The number of nitrogens with one attached hydrogen (secondary N) is 1. The highest BCUT2D eigenvalue weighted by Gasteiger charge is 2.28. The van der Waals surface area contributed by atoms with Gasteiger partial charge in [-0.15, -0.1) is 0 Å². The average Bonchev–Trinajstić information content (AvgIpc) is 3.12. The minimum atomic E-state index is -3.25. The Kier molecular flexibility index (Phi) is 6.29. The van der Waals surface area contributed by atoms with Gasteiger partial charge in [0.25, 0.3) is 5.91 Å². The largest absolute Gasteiger partial charge is 0.351 e. The van der Waals surface area contributed by atoms with E-state index in [1.807, 2.05) is 6.07 Å². The predicted molar refractivity (Wildman–Crippen MR) is 125 cm³/mol. The third kappa shape index (κ3) is 4.63. The third-order valence-corrected chi connectivity index (χ3v) is 8.04. The molecule has 0 saturated carbocycles.